The van der Waals surface area contributed by atoms with E-state index in [1.807, 2.05) is 0 Å². The summed E-state index contributed by atoms with van der Waals surface area (Å²) >= 11 is 0. The lowest BCUT2D eigenvalue weighted by Crippen LogP contribution is -2.21. The molecule has 0 spiro atoms. The van der Waals surface area contributed by atoms with E-state index in [0.717, 1.165) is 0 Å². The third-order valence-corrected chi connectivity index (χ3v) is 3.64. The van der Waals surface area contributed by atoms with Crippen LogP contribution >= 0.6 is 0 Å². The van der Waals surface area contributed by atoms with Gasteiger partial charge in [-0.15, -0.1) is 0 Å². The van der Waals surface area contributed by atoms with Crippen molar-refractivity contribution in [1.82, 2.24) is 0 Å². The predicted molar refractivity (Wildman–Crippen MR) is 103 cm³/mol. The zero-order valence-electron chi connectivity index (χ0n) is 16.2. The number of carbonyl (C=O) groups excluding carboxylic acids is 3. The molecule has 0 aliphatic carbocycles. The van der Waals surface area contributed by atoms with Gasteiger partial charge in [-0.3, -0.25) is 4.79 Å². The van der Waals surface area contributed by atoms with Gasteiger partial charge >= 0.3 is 17.9 Å². The van der Waals surface area contributed by atoms with Gasteiger partial charge in [0.05, 0.1) is 18.8 Å². The standard InChI is InChI=1S/C21H20O9/c1-14(22)15-6-2-4-8-17(15)29-19(23)12-27-10-11-28-13-20(24)30-18-9-5-3-7-16(18)21(25)26/h2-9H,10-13H2,1H3,(H,25,26). The average Bonchev–Trinajstić information content (AvgIpc) is 2.71. The molecule has 0 heterocycles. The highest BCUT2D eigenvalue weighted by Crippen LogP contribution is 2.19. The molecule has 0 radical (unpaired) electrons. The summed E-state index contributed by atoms with van der Waals surface area (Å²) in [4.78, 5) is 46.1. The lowest BCUT2D eigenvalue weighted by atomic mass is 10.1. The molecule has 0 unspecified atom stereocenters. The summed E-state index contributed by atoms with van der Waals surface area (Å²) in [6, 6.07) is 12.1. The van der Waals surface area contributed by atoms with E-state index in [-0.39, 0.29) is 48.2 Å². The average molecular weight is 416 g/mol. The topological polar surface area (TPSA) is 125 Å². The number of Topliss-reactive ketones (excluding diaryl/α,β-unsaturated/α-hetero) is 1. The number of ketones is 1. The van der Waals surface area contributed by atoms with E-state index in [9.17, 15) is 19.2 Å². The number of rotatable bonds is 11. The number of carboxylic acid groups (broad SMARTS) is 1. The molecule has 2 aromatic carbocycles. The number of aromatic carboxylic acids is 1. The lowest BCUT2D eigenvalue weighted by Gasteiger charge is -2.09. The minimum atomic E-state index is -1.22. The Hall–Kier alpha value is -3.56. The number of carbonyl (C=O) groups is 4. The molecule has 9 heteroatoms. The predicted octanol–water partition coefficient (Wildman–Crippen LogP) is 2.13. The van der Waals surface area contributed by atoms with Crippen molar-refractivity contribution >= 4 is 23.7 Å². The fraction of sp³-hybridized carbons (Fsp3) is 0.238. The van der Waals surface area contributed by atoms with Crippen molar-refractivity contribution in [3.8, 4) is 11.5 Å². The SMILES string of the molecule is CC(=O)c1ccccc1OC(=O)COCCOCC(=O)Oc1ccccc1C(=O)O. The molecule has 30 heavy (non-hydrogen) atoms. The molecule has 2 rings (SSSR count). The van der Waals surface area contributed by atoms with E-state index in [1.54, 1.807) is 18.2 Å². The third-order valence-electron chi connectivity index (χ3n) is 3.64. The zero-order valence-corrected chi connectivity index (χ0v) is 16.2. The normalized spacial score (nSPS) is 10.3. The number of esters is 2. The van der Waals surface area contributed by atoms with Crippen LogP contribution in [-0.4, -0.2) is 55.2 Å². The van der Waals surface area contributed by atoms with E-state index >= 15 is 0 Å². The van der Waals surface area contributed by atoms with E-state index in [4.69, 9.17) is 24.1 Å². The number of carboxylic acids is 1. The van der Waals surface area contributed by atoms with Crippen LogP contribution in [0.4, 0.5) is 0 Å². The summed E-state index contributed by atoms with van der Waals surface area (Å²) in [5, 5.41) is 9.04. The van der Waals surface area contributed by atoms with E-state index in [2.05, 4.69) is 0 Å². The fourth-order valence-corrected chi connectivity index (χ4v) is 2.31. The second kappa shape index (κ2) is 11.4. The maximum atomic E-state index is 11.8. The van der Waals surface area contributed by atoms with Crippen LogP contribution in [0.1, 0.15) is 27.6 Å². The Balaban J connectivity index is 1.65. The van der Waals surface area contributed by atoms with Gasteiger partial charge in [0.2, 0.25) is 0 Å². The summed E-state index contributed by atoms with van der Waals surface area (Å²) in [5.74, 6) is -2.84. The molecule has 0 fully saturated rings. The van der Waals surface area contributed by atoms with E-state index < -0.39 is 24.5 Å². The van der Waals surface area contributed by atoms with Gasteiger partial charge in [0, 0.05) is 0 Å². The van der Waals surface area contributed by atoms with Crippen molar-refractivity contribution in [2.24, 2.45) is 0 Å². The molecule has 0 amide bonds. The summed E-state index contributed by atoms with van der Waals surface area (Å²) in [6.07, 6.45) is 0. The Labute approximate surface area is 172 Å². The van der Waals surface area contributed by atoms with Gasteiger partial charge in [0.1, 0.15) is 30.3 Å². The molecule has 0 saturated heterocycles. The van der Waals surface area contributed by atoms with E-state index in [1.165, 1.54) is 37.3 Å². The Kier molecular flexibility index (Phi) is 8.67. The molecule has 0 aromatic heterocycles. The monoisotopic (exact) mass is 416 g/mol. The van der Waals surface area contributed by atoms with Crippen LogP contribution < -0.4 is 9.47 Å². The molecule has 0 aliphatic rings. The first-order valence-electron chi connectivity index (χ1n) is 8.87. The van der Waals surface area contributed by atoms with Crippen LogP contribution in [0.2, 0.25) is 0 Å². The Morgan fingerprint density at radius 1 is 0.733 bits per heavy atom. The summed E-state index contributed by atoms with van der Waals surface area (Å²) in [5.41, 5.74) is 0.149. The second-order valence-electron chi connectivity index (χ2n) is 5.91. The molecule has 0 saturated carbocycles. The Morgan fingerprint density at radius 2 is 1.17 bits per heavy atom. The van der Waals surface area contributed by atoms with Crippen molar-refractivity contribution < 1.29 is 43.2 Å². The highest BCUT2D eigenvalue weighted by atomic mass is 16.6. The molecule has 0 bridgehead atoms. The van der Waals surface area contributed by atoms with Gasteiger partial charge < -0.3 is 24.1 Å². The third kappa shape index (κ3) is 7.12. The number of para-hydroxylation sites is 2. The quantitative estimate of drug-likeness (QED) is 0.254. The van der Waals surface area contributed by atoms with Crippen LogP contribution in [0.3, 0.4) is 0 Å². The van der Waals surface area contributed by atoms with Gasteiger partial charge in [0.25, 0.3) is 0 Å². The van der Waals surface area contributed by atoms with Gasteiger partial charge in [-0.05, 0) is 31.2 Å². The smallest absolute Gasteiger partial charge is 0.339 e. The van der Waals surface area contributed by atoms with Crippen LogP contribution in [0.15, 0.2) is 48.5 Å². The fourth-order valence-electron chi connectivity index (χ4n) is 2.31. The van der Waals surface area contributed by atoms with Gasteiger partial charge in [-0.2, -0.15) is 0 Å². The molecule has 2 aromatic rings. The summed E-state index contributed by atoms with van der Waals surface area (Å²) in [6.45, 7) is 0.570. The van der Waals surface area contributed by atoms with Crippen molar-refractivity contribution in [1.29, 1.82) is 0 Å². The molecule has 9 nitrogen and oxygen atoms in total. The van der Waals surface area contributed by atoms with Gasteiger partial charge in [0.15, 0.2) is 5.78 Å². The van der Waals surface area contributed by atoms with E-state index in [0.29, 0.717) is 0 Å². The zero-order chi connectivity index (χ0) is 21.9. The van der Waals surface area contributed by atoms with Crippen LogP contribution in [0.5, 0.6) is 11.5 Å². The minimum absolute atomic E-state index is 0.00243. The van der Waals surface area contributed by atoms with Crippen LogP contribution in [0, 0.1) is 0 Å². The van der Waals surface area contributed by atoms with Crippen molar-refractivity contribution in [3.05, 3.63) is 59.7 Å². The molecule has 0 atom stereocenters. The summed E-state index contributed by atoms with van der Waals surface area (Å²) in [7, 11) is 0. The molecular weight excluding hydrogens is 396 g/mol. The molecular formula is C21H20O9. The maximum Gasteiger partial charge on any atom is 0.339 e. The highest BCUT2D eigenvalue weighted by Gasteiger charge is 2.14. The van der Waals surface area contributed by atoms with Crippen LogP contribution in [0.25, 0.3) is 0 Å². The van der Waals surface area contributed by atoms with Crippen LogP contribution in [-0.2, 0) is 19.1 Å². The number of benzene rings is 2. The second-order valence-corrected chi connectivity index (χ2v) is 5.91. The Bertz CT molecular complexity index is 845. The molecule has 1 N–H and O–H groups in total. The highest BCUT2D eigenvalue weighted by molar-refractivity contribution is 5.97. The number of hydrogen-bond acceptors (Lipinski definition) is 8. The first kappa shape index (κ1) is 22.7. The van der Waals surface area contributed by atoms with Crippen molar-refractivity contribution in [2.45, 2.75) is 6.92 Å². The number of hydrogen-bond donors (Lipinski definition) is 1. The first-order chi connectivity index (χ1) is 14.4. The summed E-state index contributed by atoms with van der Waals surface area (Å²) < 4.78 is 20.2. The maximum absolute atomic E-state index is 11.8. The Morgan fingerprint density at radius 3 is 1.63 bits per heavy atom. The molecule has 0 aliphatic heterocycles. The number of ether oxygens (including phenoxy) is 4. The first-order valence-corrected chi connectivity index (χ1v) is 8.87. The largest absolute Gasteiger partial charge is 0.478 e. The van der Waals surface area contributed by atoms with Crippen molar-refractivity contribution in [2.75, 3.05) is 26.4 Å². The van der Waals surface area contributed by atoms with Gasteiger partial charge in [-0.1, -0.05) is 24.3 Å². The lowest BCUT2D eigenvalue weighted by molar-refractivity contribution is -0.143. The minimum Gasteiger partial charge on any atom is -0.478 e. The van der Waals surface area contributed by atoms with Crippen molar-refractivity contribution in [3.63, 3.8) is 0 Å². The molecule has 158 valence electrons. The van der Waals surface area contributed by atoms with Gasteiger partial charge in [-0.25, -0.2) is 14.4 Å².